The standard InChI is InChI=1S/C9H11O2P/c1-2-4-8(5-3-1)6-9-7-10-12-11-9/h1-5,9,12H,6-7H2. The third-order valence-corrected chi connectivity index (χ3v) is 2.56. The Hall–Kier alpha value is -0.430. The molecule has 12 heavy (non-hydrogen) atoms. The van der Waals surface area contributed by atoms with E-state index in [4.69, 9.17) is 9.05 Å². The second-order valence-electron chi connectivity index (χ2n) is 2.82. The van der Waals surface area contributed by atoms with Crippen LogP contribution in [0.25, 0.3) is 0 Å². The molecule has 1 aliphatic heterocycles. The van der Waals surface area contributed by atoms with E-state index < -0.39 is 0 Å². The van der Waals surface area contributed by atoms with Crippen LogP contribution in [0.15, 0.2) is 30.3 Å². The number of hydrogen-bond acceptors (Lipinski definition) is 2. The minimum absolute atomic E-state index is 0.241. The van der Waals surface area contributed by atoms with Gasteiger partial charge in [0, 0.05) is 6.42 Å². The molecule has 1 heterocycles. The van der Waals surface area contributed by atoms with Crippen molar-refractivity contribution in [2.45, 2.75) is 12.5 Å². The van der Waals surface area contributed by atoms with E-state index in [-0.39, 0.29) is 15.1 Å². The Morgan fingerprint density at radius 3 is 2.83 bits per heavy atom. The largest absolute Gasteiger partial charge is 0.334 e. The molecule has 2 unspecified atom stereocenters. The summed E-state index contributed by atoms with van der Waals surface area (Å²) in [6.45, 7) is 0.743. The second-order valence-corrected chi connectivity index (χ2v) is 3.51. The SMILES string of the molecule is c1ccc(CC2COPO2)cc1. The van der Waals surface area contributed by atoms with Gasteiger partial charge < -0.3 is 9.05 Å². The van der Waals surface area contributed by atoms with E-state index in [1.54, 1.807) is 0 Å². The fraction of sp³-hybridized carbons (Fsp3) is 0.333. The summed E-state index contributed by atoms with van der Waals surface area (Å²) >= 11 is 0. The first-order chi connectivity index (χ1) is 5.95. The molecule has 1 aliphatic rings. The molecule has 1 fully saturated rings. The van der Waals surface area contributed by atoms with Gasteiger partial charge in [0.1, 0.15) is 0 Å². The quantitative estimate of drug-likeness (QED) is 0.652. The fourth-order valence-corrected chi connectivity index (χ4v) is 1.85. The lowest BCUT2D eigenvalue weighted by Gasteiger charge is -2.05. The van der Waals surface area contributed by atoms with Crippen LogP contribution in [0.2, 0.25) is 0 Å². The summed E-state index contributed by atoms with van der Waals surface area (Å²) in [5.74, 6) is 0. The van der Waals surface area contributed by atoms with Crippen LogP contribution in [0.4, 0.5) is 0 Å². The zero-order valence-corrected chi connectivity index (χ0v) is 7.69. The van der Waals surface area contributed by atoms with Crippen molar-refractivity contribution < 1.29 is 9.05 Å². The third-order valence-electron chi connectivity index (χ3n) is 1.85. The topological polar surface area (TPSA) is 18.5 Å². The molecule has 0 aromatic heterocycles. The van der Waals surface area contributed by atoms with Gasteiger partial charge in [-0.2, -0.15) is 0 Å². The number of rotatable bonds is 2. The molecule has 3 heteroatoms. The molecule has 1 aromatic carbocycles. The maximum atomic E-state index is 5.36. The molecule has 0 bridgehead atoms. The monoisotopic (exact) mass is 182 g/mol. The Kier molecular flexibility index (Phi) is 2.72. The Labute approximate surface area is 73.8 Å². The zero-order valence-electron chi connectivity index (χ0n) is 6.69. The summed E-state index contributed by atoms with van der Waals surface area (Å²) in [6.07, 6.45) is 1.24. The highest BCUT2D eigenvalue weighted by molar-refractivity contribution is 7.26. The first kappa shape index (κ1) is 8.18. The summed E-state index contributed by atoms with van der Waals surface area (Å²) in [5.41, 5.74) is 1.32. The molecule has 0 aliphatic carbocycles. The lowest BCUT2D eigenvalue weighted by Crippen LogP contribution is -2.11. The molecule has 0 N–H and O–H groups in total. The Morgan fingerprint density at radius 1 is 1.33 bits per heavy atom. The second kappa shape index (κ2) is 3.99. The predicted octanol–water partition coefficient (Wildman–Crippen LogP) is 2.15. The minimum atomic E-state index is 0.241. The Bertz CT molecular complexity index is 232. The molecule has 2 atom stereocenters. The van der Waals surface area contributed by atoms with Crippen molar-refractivity contribution in [3.05, 3.63) is 35.9 Å². The molecule has 0 spiro atoms. The van der Waals surface area contributed by atoms with Crippen LogP contribution in [0, 0.1) is 0 Å². The van der Waals surface area contributed by atoms with Crippen LogP contribution in [-0.2, 0) is 15.5 Å². The highest BCUT2D eigenvalue weighted by Crippen LogP contribution is 2.27. The van der Waals surface area contributed by atoms with E-state index in [0.717, 1.165) is 13.0 Å². The van der Waals surface area contributed by atoms with Gasteiger partial charge in [0.2, 0.25) is 0 Å². The van der Waals surface area contributed by atoms with Gasteiger partial charge in [0.15, 0.2) is 9.03 Å². The summed E-state index contributed by atoms with van der Waals surface area (Å²) in [5, 5.41) is 0. The molecule has 0 radical (unpaired) electrons. The van der Waals surface area contributed by atoms with E-state index in [1.165, 1.54) is 5.56 Å². The number of hydrogen-bond donors (Lipinski definition) is 0. The van der Waals surface area contributed by atoms with Crippen molar-refractivity contribution in [3.8, 4) is 0 Å². The first-order valence-electron chi connectivity index (χ1n) is 4.01. The third kappa shape index (κ3) is 2.04. The van der Waals surface area contributed by atoms with Crippen LogP contribution in [0.3, 0.4) is 0 Å². The predicted molar refractivity (Wildman–Crippen MR) is 49.3 cm³/mol. The lowest BCUT2D eigenvalue weighted by atomic mass is 10.1. The lowest BCUT2D eigenvalue weighted by molar-refractivity contribution is 0.241. The van der Waals surface area contributed by atoms with Gasteiger partial charge in [-0.05, 0) is 5.56 Å². The Morgan fingerprint density at radius 2 is 2.17 bits per heavy atom. The summed E-state index contributed by atoms with van der Waals surface area (Å²) in [7, 11) is 0.241. The molecule has 0 saturated carbocycles. The maximum Gasteiger partial charge on any atom is 0.155 e. The van der Waals surface area contributed by atoms with Gasteiger partial charge >= 0.3 is 0 Å². The van der Waals surface area contributed by atoms with E-state index in [1.807, 2.05) is 18.2 Å². The fourth-order valence-electron chi connectivity index (χ4n) is 1.24. The van der Waals surface area contributed by atoms with Crippen molar-refractivity contribution in [3.63, 3.8) is 0 Å². The van der Waals surface area contributed by atoms with Crippen molar-refractivity contribution in [2.75, 3.05) is 6.61 Å². The zero-order chi connectivity index (χ0) is 8.23. The highest BCUT2D eigenvalue weighted by atomic mass is 31.1. The number of benzene rings is 1. The minimum Gasteiger partial charge on any atom is -0.334 e. The molecule has 2 rings (SSSR count). The summed E-state index contributed by atoms with van der Waals surface area (Å²) < 4.78 is 10.5. The van der Waals surface area contributed by atoms with Crippen LogP contribution in [0.1, 0.15) is 5.56 Å². The maximum absolute atomic E-state index is 5.36. The average Bonchev–Trinajstić information content (AvgIpc) is 2.59. The van der Waals surface area contributed by atoms with E-state index >= 15 is 0 Å². The summed E-state index contributed by atoms with van der Waals surface area (Å²) in [6, 6.07) is 10.4. The van der Waals surface area contributed by atoms with Gasteiger partial charge in [0.25, 0.3) is 0 Å². The van der Waals surface area contributed by atoms with Crippen molar-refractivity contribution in [1.29, 1.82) is 0 Å². The highest BCUT2D eigenvalue weighted by Gasteiger charge is 2.16. The molecule has 2 nitrogen and oxygen atoms in total. The smallest absolute Gasteiger partial charge is 0.155 e. The molecule has 1 aromatic rings. The van der Waals surface area contributed by atoms with Crippen molar-refractivity contribution in [1.82, 2.24) is 0 Å². The average molecular weight is 182 g/mol. The van der Waals surface area contributed by atoms with Gasteiger partial charge in [-0.15, -0.1) is 0 Å². The first-order valence-corrected chi connectivity index (χ1v) is 4.83. The van der Waals surface area contributed by atoms with E-state index in [0.29, 0.717) is 0 Å². The van der Waals surface area contributed by atoms with Crippen LogP contribution in [0.5, 0.6) is 0 Å². The molecule has 0 amide bonds. The van der Waals surface area contributed by atoms with Gasteiger partial charge in [-0.25, -0.2) is 0 Å². The van der Waals surface area contributed by atoms with E-state index in [9.17, 15) is 0 Å². The molecule has 64 valence electrons. The summed E-state index contributed by atoms with van der Waals surface area (Å²) in [4.78, 5) is 0. The van der Waals surface area contributed by atoms with Gasteiger partial charge in [-0.3, -0.25) is 0 Å². The molecule has 1 saturated heterocycles. The normalized spacial score (nSPS) is 24.8. The van der Waals surface area contributed by atoms with Crippen LogP contribution >= 0.6 is 9.03 Å². The molecular weight excluding hydrogens is 171 g/mol. The van der Waals surface area contributed by atoms with Crippen LogP contribution in [-0.4, -0.2) is 12.7 Å². The van der Waals surface area contributed by atoms with Gasteiger partial charge in [0.05, 0.1) is 12.7 Å². The van der Waals surface area contributed by atoms with Crippen molar-refractivity contribution >= 4 is 9.03 Å². The van der Waals surface area contributed by atoms with Gasteiger partial charge in [-0.1, -0.05) is 30.3 Å². The van der Waals surface area contributed by atoms with Crippen molar-refractivity contribution in [2.24, 2.45) is 0 Å². The van der Waals surface area contributed by atoms with Crippen LogP contribution < -0.4 is 0 Å². The molecular formula is C9H11O2P. The Balaban J connectivity index is 1.94. The van der Waals surface area contributed by atoms with E-state index in [2.05, 4.69) is 12.1 Å².